The summed E-state index contributed by atoms with van der Waals surface area (Å²) in [6.07, 6.45) is 2.78. The first-order valence-electron chi connectivity index (χ1n) is 10.1. The van der Waals surface area contributed by atoms with Crippen LogP contribution in [0.3, 0.4) is 0 Å². The summed E-state index contributed by atoms with van der Waals surface area (Å²) >= 11 is 0. The lowest BCUT2D eigenvalue weighted by atomic mass is 9.87. The summed E-state index contributed by atoms with van der Waals surface area (Å²) in [5, 5.41) is 3.09. The third-order valence-electron chi connectivity index (χ3n) is 5.40. The maximum absolute atomic E-state index is 12.9. The summed E-state index contributed by atoms with van der Waals surface area (Å²) < 4.78 is 33.0. The van der Waals surface area contributed by atoms with Crippen LogP contribution in [-0.2, 0) is 16.4 Å². The zero-order valence-corrected chi connectivity index (χ0v) is 18.0. The number of hydrogen-bond acceptors (Lipinski definition) is 4. The quantitative estimate of drug-likeness (QED) is 0.603. The molecule has 31 heavy (non-hydrogen) atoms. The second-order valence-electron chi connectivity index (χ2n) is 7.48. The standard InChI is InChI=1S/C24H24N2O4S/c1-30-20-13-14-22-17(16-20)7-6-12-23(22)25-24(27)18-8-5-9-19(15-18)26-31(28,29)21-10-3-2-4-11-21/h2-5,8-11,13-16,23,26H,6-7,12H2,1H3,(H,25,27)/t23-/m1/s1. The van der Waals surface area contributed by atoms with Crippen molar-refractivity contribution in [3.8, 4) is 5.75 Å². The topological polar surface area (TPSA) is 84.5 Å². The summed E-state index contributed by atoms with van der Waals surface area (Å²) in [4.78, 5) is 13.1. The van der Waals surface area contributed by atoms with E-state index in [0.717, 1.165) is 30.6 Å². The molecule has 0 spiro atoms. The summed E-state index contributed by atoms with van der Waals surface area (Å²) in [6, 6.07) is 20.5. The van der Waals surface area contributed by atoms with Gasteiger partial charge in [0.1, 0.15) is 5.75 Å². The molecular weight excluding hydrogens is 412 g/mol. The number of aryl methyl sites for hydroxylation is 1. The predicted octanol–water partition coefficient (Wildman–Crippen LogP) is 4.30. The van der Waals surface area contributed by atoms with Crippen LogP contribution in [0.1, 0.15) is 40.4 Å². The molecule has 0 radical (unpaired) electrons. The van der Waals surface area contributed by atoms with Crippen LogP contribution in [0.2, 0.25) is 0 Å². The number of amides is 1. The summed E-state index contributed by atoms with van der Waals surface area (Å²) in [6.45, 7) is 0. The highest BCUT2D eigenvalue weighted by molar-refractivity contribution is 7.92. The van der Waals surface area contributed by atoms with Crippen molar-refractivity contribution in [2.24, 2.45) is 0 Å². The van der Waals surface area contributed by atoms with Crippen molar-refractivity contribution in [2.45, 2.75) is 30.2 Å². The average molecular weight is 437 g/mol. The second kappa shape index (κ2) is 8.81. The van der Waals surface area contributed by atoms with E-state index in [1.54, 1.807) is 49.6 Å². The summed E-state index contributed by atoms with van der Waals surface area (Å²) in [5.74, 6) is 0.568. The molecule has 0 bridgehead atoms. The van der Waals surface area contributed by atoms with E-state index in [2.05, 4.69) is 10.0 Å². The predicted molar refractivity (Wildman–Crippen MR) is 120 cm³/mol. The Balaban J connectivity index is 1.51. The van der Waals surface area contributed by atoms with Crippen LogP contribution < -0.4 is 14.8 Å². The Bertz CT molecular complexity index is 1190. The molecular formula is C24H24N2O4S. The van der Waals surface area contributed by atoms with Crippen molar-refractivity contribution in [1.82, 2.24) is 5.32 Å². The largest absolute Gasteiger partial charge is 0.497 e. The summed E-state index contributed by atoms with van der Waals surface area (Å²) in [7, 11) is -2.08. The number of ether oxygens (including phenoxy) is 1. The molecule has 0 saturated heterocycles. The zero-order valence-electron chi connectivity index (χ0n) is 17.2. The van der Waals surface area contributed by atoms with E-state index in [4.69, 9.17) is 4.74 Å². The molecule has 4 rings (SSSR count). The Kier molecular flexibility index (Phi) is 5.95. The number of benzene rings is 3. The van der Waals surface area contributed by atoms with Crippen molar-refractivity contribution in [2.75, 3.05) is 11.8 Å². The Morgan fingerprint density at radius 3 is 2.58 bits per heavy atom. The van der Waals surface area contributed by atoms with Gasteiger partial charge in [-0.25, -0.2) is 8.42 Å². The molecule has 3 aromatic rings. The van der Waals surface area contributed by atoms with Crippen LogP contribution in [0, 0.1) is 0 Å². The van der Waals surface area contributed by atoms with Crippen LogP contribution in [0.4, 0.5) is 5.69 Å². The average Bonchev–Trinajstić information content (AvgIpc) is 2.79. The molecule has 0 unspecified atom stereocenters. The molecule has 0 saturated carbocycles. The first-order chi connectivity index (χ1) is 15.0. The van der Waals surface area contributed by atoms with E-state index < -0.39 is 10.0 Å². The van der Waals surface area contributed by atoms with E-state index in [1.165, 1.54) is 17.7 Å². The molecule has 160 valence electrons. The van der Waals surface area contributed by atoms with E-state index in [9.17, 15) is 13.2 Å². The lowest BCUT2D eigenvalue weighted by molar-refractivity contribution is 0.0932. The number of nitrogens with one attached hydrogen (secondary N) is 2. The number of sulfonamides is 1. The number of anilines is 1. The number of hydrogen-bond donors (Lipinski definition) is 2. The molecule has 7 heteroatoms. The van der Waals surface area contributed by atoms with Crippen molar-refractivity contribution >= 4 is 21.6 Å². The van der Waals surface area contributed by atoms with Gasteiger partial charge in [-0.3, -0.25) is 9.52 Å². The molecule has 0 heterocycles. The molecule has 1 amide bonds. The Morgan fingerprint density at radius 1 is 1.00 bits per heavy atom. The normalized spacial score (nSPS) is 15.6. The molecule has 0 aliphatic heterocycles. The zero-order chi connectivity index (χ0) is 21.8. The first-order valence-corrected chi connectivity index (χ1v) is 11.6. The molecule has 0 fully saturated rings. The van der Waals surface area contributed by atoms with Crippen molar-refractivity contribution in [3.05, 3.63) is 89.5 Å². The van der Waals surface area contributed by atoms with E-state index in [-0.39, 0.29) is 16.8 Å². The fourth-order valence-corrected chi connectivity index (χ4v) is 4.92. The summed E-state index contributed by atoms with van der Waals surface area (Å²) in [5.41, 5.74) is 3.01. The van der Waals surface area contributed by atoms with Gasteiger partial charge in [-0.15, -0.1) is 0 Å². The fourth-order valence-electron chi connectivity index (χ4n) is 3.85. The lowest BCUT2D eigenvalue weighted by Gasteiger charge is -2.27. The molecule has 1 aliphatic rings. The Hall–Kier alpha value is -3.32. The molecule has 6 nitrogen and oxygen atoms in total. The smallest absolute Gasteiger partial charge is 0.261 e. The van der Waals surface area contributed by atoms with Gasteiger partial charge in [0.2, 0.25) is 0 Å². The van der Waals surface area contributed by atoms with Crippen molar-refractivity contribution in [1.29, 1.82) is 0 Å². The van der Waals surface area contributed by atoms with Crippen LogP contribution in [-0.4, -0.2) is 21.4 Å². The maximum atomic E-state index is 12.9. The third-order valence-corrected chi connectivity index (χ3v) is 6.80. The van der Waals surface area contributed by atoms with E-state index in [0.29, 0.717) is 11.3 Å². The number of carbonyl (C=O) groups is 1. The minimum atomic E-state index is -3.72. The molecule has 2 N–H and O–H groups in total. The van der Waals surface area contributed by atoms with Gasteiger partial charge < -0.3 is 10.1 Å². The highest BCUT2D eigenvalue weighted by atomic mass is 32.2. The van der Waals surface area contributed by atoms with Gasteiger partial charge in [0.15, 0.2) is 0 Å². The molecule has 0 aromatic heterocycles. The van der Waals surface area contributed by atoms with Gasteiger partial charge in [0.05, 0.1) is 18.0 Å². The van der Waals surface area contributed by atoms with Gasteiger partial charge in [0, 0.05) is 11.3 Å². The number of methoxy groups -OCH3 is 1. The fraction of sp³-hybridized carbons (Fsp3) is 0.208. The maximum Gasteiger partial charge on any atom is 0.261 e. The van der Waals surface area contributed by atoms with E-state index in [1.807, 2.05) is 18.2 Å². The highest BCUT2D eigenvalue weighted by Gasteiger charge is 2.23. The number of rotatable bonds is 6. The minimum absolute atomic E-state index is 0.0909. The van der Waals surface area contributed by atoms with Crippen LogP contribution >= 0.6 is 0 Å². The van der Waals surface area contributed by atoms with Gasteiger partial charge in [-0.05, 0) is 72.9 Å². The van der Waals surface area contributed by atoms with Gasteiger partial charge >= 0.3 is 0 Å². The number of carbonyl (C=O) groups excluding carboxylic acids is 1. The molecule has 3 aromatic carbocycles. The third kappa shape index (κ3) is 4.72. The minimum Gasteiger partial charge on any atom is -0.497 e. The van der Waals surface area contributed by atoms with Gasteiger partial charge in [-0.2, -0.15) is 0 Å². The van der Waals surface area contributed by atoms with Crippen LogP contribution in [0.25, 0.3) is 0 Å². The van der Waals surface area contributed by atoms with E-state index >= 15 is 0 Å². The first kappa shape index (κ1) is 20.9. The van der Waals surface area contributed by atoms with Gasteiger partial charge in [0.25, 0.3) is 15.9 Å². The Labute approximate surface area is 182 Å². The monoisotopic (exact) mass is 436 g/mol. The lowest BCUT2D eigenvalue weighted by Crippen LogP contribution is -2.31. The van der Waals surface area contributed by atoms with Crippen molar-refractivity contribution < 1.29 is 17.9 Å². The number of fused-ring (bicyclic) bond motifs is 1. The molecule has 1 atom stereocenters. The van der Waals surface area contributed by atoms with Gasteiger partial charge in [-0.1, -0.05) is 30.3 Å². The Morgan fingerprint density at radius 2 is 1.81 bits per heavy atom. The van der Waals surface area contributed by atoms with Crippen LogP contribution in [0.5, 0.6) is 5.75 Å². The molecule has 1 aliphatic carbocycles. The van der Waals surface area contributed by atoms with Crippen LogP contribution in [0.15, 0.2) is 77.7 Å². The van der Waals surface area contributed by atoms with Crippen molar-refractivity contribution in [3.63, 3.8) is 0 Å². The second-order valence-corrected chi connectivity index (χ2v) is 9.16. The highest BCUT2D eigenvalue weighted by Crippen LogP contribution is 2.32. The SMILES string of the molecule is COc1ccc2c(c1)CCC[C@H]2NC(=O)c1cccc(NS(=O)(=O)c2ccccc2)c1.